The number of carbonyl (C=O) groups excluding carboxylic acids is 2. The van der Waals surface area contributed by atoms with Gasteiger partial charge in [-0.05, 0) is 45.2 Å². The normalized spacial score (nSPS) is 15.9. The van der Waals surface area contributed by atoms with Crippen LogP contribution in [-0.2, 0) is 19.1 Å². The maximum Gasteiger partial charge on any atom is 0.293 e. The Morgan fingerprint density at radius 2 is 1.56 bits per heavy atom. The zero-order valence-corrected chi connectivity index (χ0v) is 13.4. The highest BCUT2D eigenvalue weighted by atomic mass is 16.6. The summed E-state index contributed by atoms with van der Waals surface area (Å²) in [5, 5.41) is 2.29. The predicted molar refractivity (Wildman–Crippen MR) is 94.2 cm³/mol. The molecule has 0 aliphatic heterocycles. The maximum atomic E-state index is 11.0. The van der Waals surface area contributed by atoms with Gasteiger partial charge in [-0.25, -0.2) is 0 Å². The number of benzene rings is 3. The van der Waals surface area contributed by atoms with Gasteiger partial charge in [0.25, 0.3) is 12.9 Å². The molecule has 0 spiro atoms. The van der Waals surface area contributed by atoms with E-state index >= 15 is 0 Å². The smallest absolute Gasteiger partial charge is 0.293 e. The summed E-state index contributed by atoms with van der Waals surface area (Å²) in [6.07, 6.45) is -0.564. The standard InChI is InChI=1S/C21H16O4/c22-12-24-11-20(25-13-23)21-17-8-4-3-7-16(17)18-9-14-5-1-2-6-15(14)10-19(18)21/h1-10,12-13,20-21H,11H2. The Bertz CT molecular complexity index is 948. The Balaban J connectivity index is 1.91. The van der Waals surface area contributed by atoms with E-state index in [1.807, 2.05) is 30.3 Å². The number of hydrogen-bond acceptors (Lipinski definition) is 4. The summed E-state index contributed by atoms with van der Waals surface area (Å²) < 4.78 is 10.2. The van der Waals surface area contributed by atoms with Crippen LogP contribution in [0.4, 0.5) is 0 Å². The van der Waals surface area contributed by atoms with E-state index in [2.05, 4.69) is 30.3 Å². The van der Waals surface area contributed by atoms with Gasteiger partial charge < -0.3 is 9.47 Å². The van der Waals surface area contributed by atoms with E-state index in [1.165, 1.54) is 0 Å². The third-order valence-corrected chi connectivity index (χ3v) is 4.77. The van der Waals surface area contributed by atoms with Crippen molar-refractivity contribution in [1.82, 2.24) is 0 Å². The van der Waals surface area contributed by atoms with Crippen molar-refractivity contribution in [3.8, 4) is 11.1 Å². The summed E-state index contributed by atoms with van der Waals surface area (Å²) in [5.41, 5.74) is 4.42. The molecule has 0 saturated heterocycles. The molecule has 0 radical (unpaired) electrons. The number of hydrogen-bond donors (Lipinski definition) is 0. The van der Waals surface area contributed by atoms with E-state index in [4.69, 9.17) is 9.47 Å². The van der Waals surface area contributed by atoms with Crippen LogP contribution in [0.5, 0.6) is 0 Å². The molecular formula is C21H16O4. The van der Waals surface area contributed by atoms with E-state index in [1.54, 1.807) is 0 Å². The van der Waals surface area contributed by atoms with Crippen LogP contribution >= 0.6 is 0 Å². The molecule has 3 aromatic carbocycles. The van der Waals surface area contributed by atoms with Gasteiger partial charge in [0, 0.05) is 0 Å². The molecular weight excluding hydrogens is 316 g/mol. The Labute approximate surface area is 145 Å². The van der Waals surface area contributed by atoms with Crippen LogP contribution in [0.1, 0.15) is 17.0 Å². The van der Waals surface area contributed by atoms with E-state index in [0.717, 1.165) is 33.0 Å². The summed E-state index contributed by atoms with van der Waals surface area (Å²) >= 11 is 0. The Morgan fingerprint density at radius 1 is 0.840 bits per heavy atom. The van der Waals surface area contributed by atoms with Crippen LogP contribution in [-0.4, -0.2) is 25.7 Å². The first kappa shape index (κ1) is 15.4. The Kier molecular flexibility index (Phi) is 3.94. The van der Waals surface area contributed by atoms with E-state index < -0.39 is 6.10 Å². The molecule has 4 nitrogen and oxygen atoms in total. The molecule has 2 unspecified atom stereocenters. The van der Waals surface area contributed by atoms with Crippen LogP contribution in [0.15, 0.2) is 60.7 Å². The van der Waals surface area contributed by atoms with Crippen LogP contribution in [0.25, 0.3) is 21.9 Å². The lowest BCUT2D eigenvalue weighted by molar-refractivity contribution is -0.143. The van der Waals surface area contributed by atoms with Gasteiger partial charge >= 0.3 is 0 Å². The predicted octanol–water partition coefficient (Wildman–Crippen LogP) is 3.67. The number of fused-ring (bicyclic) bond motifs is 4. The fourth-order valence-corrected chi connectivity index (χ4v) is 3.75. The second kappa shape index (κ2) is 6.40. The van der Waals surface area contributed by atoms with Crippen molar-refractivity contribution in [2.75, 3.05) is 6.61 Å². The van der Waals surface area contributed by atoms with Crippen molar-refractivity contribution in [3.05, 3.63) is 71.8 Å². The molecule has 0 bridgehead atoms. The number of carbonyl (C=O) groups is 2. The zero-order valence-electron chi connectivity index (χ0n) is 13.4. The first-order valence-electron chi connectivity index (χ1n) is 8.10. The van der Waals surface area contributed by atoms with Crippen molar-refractivity contribution in [2.24, 2.45) is 0 Å². The Morgan fingerprint density at radius 3 is 2.32 bits per heavy atom. The molecule has 1 aliphatic rings. The lowest BCUT2D eigenvalue weighted by atomic mass is 9.90. The van der Waals surface area contributed by atoms with Crippen LogP contribution < -0.4 is 0 Å². The molecule has 4 rings (SSSR count). The second-order valence-electron chi connectivity index (χ2n) is 6.05. The third-order valence-electron chi connectivity index (χ3n) is 4.77. The van der Waals surface area contributed by atoms with Crippen LogP contribution in [0.2, 0.25) is 0 Å². The van der Waals surface area contributed by atoms with Gasteiger partial charge in [0.2, 0.25) is 0 Å². The van der Waals surface area contributed by atoms with E-state index in [-0.39, 0.29) is 12.5 Å². The second-order valence-corrected chi connectivity index (χ2v) is 6.05. The first-order chi connectivity index (χ1) is 12.3. The minimum atomic E-state index is -0.564. The molecule has 0 amide bonds. The van der Waals surface area contributed by atoms with Gasteiger partial charge in [-0.1, -0.05) is 48.5 Å². The molecule has 0 aromatic heterocycles. The summed E-state index contributed by atoms with van der Waals surface area (Å²) in [4.78, 5) is 21.6. The number of rotatable bonds is 6. The minimum absolute atomic E-state index is 0.0213. The van der Waals surface area contributed by atoms with Gasteiger partial charge in [0.05, 0.1) is 5.92 Å². The highest BCUT2D eigenvalue weighted by Crippen LogP contribution is 2.48. The highest BCUT2D eigenvalue weighted by Gasteiger charge is 2.36. The lowest BCUT2D eigenvalue weighted by Crippen LogP contribution is -2.27. The summed E-state index contributed by atoms with van der Waals surface area (Å²) in [5.74, 6) is -0.166. The maximum absolute atomic E-state index is 11.0. The molecule has 1 aliphatic carbocycles. The topological polar surface area (TPSA) is 52.6 Å². The van der Waals surface area contributed by atoms with Gasteiger partial charge in [-0.15, -0.1) is 0 Å². The number of ether oxygens (including phenoxy) is 2. The molecule has 0 fully saturated rings. The summed E-state index contributed by atoms with van der Waals surface area (Å²) in [6.45, 7) is 0.817. The third kappa shape index (κ3) is 2.56. The minimum Gasteiger partial charge on any atom is -0.464 e. The van der Waals surface area contributed by atoms with Gasteiger partial charge in [0.15, 0.2) is 0 Å². The quantitative estimate of drug-likeness (QED) is 0.646. The van der Waals surface area contributed by atoms with Crippen molar-refractivity contribution in [2.45, 2.75) is 12.0 Å². The lowest BCUT2D eigenvalue weighted by Gasteiger charge is -2.23. The first-order valence-corrected chi connectivity index (χ1v) is 8.10. The molecule has 124 valence electrons. The molecule has 0 N–H and O–H groups in total. The van der Waals surface area contributed by atoms with Crippen molar-refractivity contribution < 1.29 is 19.1 Å². The van der Waals surface area contributed by atoms with Crippen molar-refractivity contribution in [1.29, 1.82) is 0 Å². The monoisotopic (exact) mass is 332 g/mol. The Hall–Kier alpha value is -3.14. The fourth-order valence-electron chi connectivity index (χ4n) is 3.75. The average molecular weight is 332 g/mol. The highest BCUT2D eigenvalue weighted by molar-refractivity contribution is 5.92. The van der Waals surface area contributed by atoms with Crippen molar-refractivity contribution >= 4 is 23.7 Å². The fraction of sp³-hybridized carbons (Fsp3) is 0.143. The summed E-state index contributed by atoms with van der Waals surface area (Å²) in [7, 11) is 0. The van der Waals surface area contributed by atoms with E-state index in [0.29, 0.717) is 12.9 Å². The van der Waals surface area contributed by atoms with Crippen LogP contribution in [0, 0.1) is 0 Å². The SMILES string of the molecule is O=COCC(OC=O)C1c2ccccc2-c2cc3ccccc3cc21. The van der Waals surface area contributed by atoms with Gasteiger partial charge in [-0.3, -0.25) is 9.59 Å². The van der Waals surface area contributed by atoms with E-state index in [9.17, 15) is 9.59 Å². The van der Waals surface area contributed by atoms with Gasteiger partial charge in [-0.2, -0.15) is 0 Å². The molecule has 3 aromatic rings. The largest absolute Gasteiger partial charge is 0.464 e. The molecule has 4 heteroatoms. The molecule has 25 heavy (non-hydrogen) atoms. The van der Waals surface area contributed by atoms with Crippen molar-refractivity contribution in [3.63, 3.8) is 0 Å². The summed E-state index contributed by atoms with van der Waals surface area (Å²) in [6, 6.07) is 20.5. The zero-order chi connectivity index (χ0) is 17.2. The van der Waals surface area contributed by atoms with Gasteiger partial charge in [0.1, 0.15) is 12.7 Å². The molecule has 2 atom stereocenters. The average Bonchev–Trinajstić information content (AvgIpc) is 2.97. The molecule has 0 heterocycles. The van der Waals surface area contributed by atoms with Crippen LogP contribution in [0.3, 0.4) is 0 Å². The molecule has 0 saturated carbocycles.